The van der Waals surface area contributed by atoms with Gasteiger partial charge in [-0.1, -0.05) is 12.1 Å². The van der Waals surface area contributed by atoms with Gasteiger partial charge in [-0.25, -0.2) is 28.0 Å². The Balaban J connectivity index is 0.000000193. The van der Waals surface area contributed by atoms with Crippen LogP contribution in [0.4, 0.5) is 4.39 Å². The van der Waals surface area contributed by atoms with E-state index >= 15 is 0 Å². The molecule has 0 aliphatic heterocycles. The van der Waals surface area contributed by atoms with Gasteiger partial charge in [-0.15, -0.1) is 0 Å². The lowest BCUT2D eigenvalue weighted by molar-refractivity contribution is 0.0590. The van der Waals surface area contributed by atoms with E-state index in [1.54, 1.807) is 47.8 Å². The molecule has 14 heteroatoms. The number of fused-ring (bicyclic) bond motifs is 2. The average Bonchev–Trinajstić information content (AvgIpc) is 3.49. The van der Waals surface area contributed by atoms with Crippen molar-refractivity contribution < 1.29 is 28.9 Å². The Bertz CT molecular complexity index is 1830. The Kier molecular flexibility index (Phi) is 7.29. The molecule has 5 aromatic rings. The number of halogens is 1. The van der Waals surface area contributed by atoms with E-state index in [1.807, 2.05) is 0 Å². The third-order valence-corrected chi connectivity index (χ3v) is 5.85. The van der Waals surface area contributed by atoms with Crippen LogP contribution in [0.1, 0.15) is 33.0 Å². The number of hydrogen-bond acceptors (Lipinski definition) is 9. The fourth-order valence-corrected chi connectivity index (χ4v) is 3.72. The maximum absolute atomic E-state index is 12.9. The summed E-state index contributed by atoms with van der Waals surface area (Å²) in [6, 6.07) is 5.81. The number of ketones is 1. The molecule has 0 radical (unpaired) electrons. The van der Waals surface area contributed by atoms with Crippen molar-refractivity contribution in [1.82, 2.24) is 27.9 Å². The third kappa shape index (κ3) is 5.12. The number of rotatable bonds is 5. The fraction of sp³-hybridized carbons (Fsp3) is 0.200. The summed E-state index contributed by atoms with van der Waals surface area (Å²) in [5.74, 6) is -2.47. The first kappa shape index (κ1) is 26.8. The number of aromatic nitrogens is 6. The second-order valence-electron chi connectivity index (χ2n) is 8.43. The molecule has 0 saturated carbocycles. The predicted molar refractivity (Wildman–Crippen MR) is 135 cm³/mol. The van der Waals surface area contributed by atoms with Crippen molar-refractivity contribution in [3.63, 3.8) is 0 Å². The van der Waals surface area contributed by atoms with Gasteiger partial charge in [0, 0.05) is 45.3 Å². The molecule has 0 spiro atoms. The summed E-state index contributed by atoms with van der Waals surface area (Å²) in [7, 11) is 4.50. The van der Waals surface area contributed by atoms with Gasteiger partial charge in [-0.05, 0) is 24.1 Å². The molecule has 5 rings (SSSR count). The van der Waals surface area contributed by atoms with Crippen LogP contribution in [0, 0.1) is 5.82 Å². The van der Waals surface area contributed by atoms with Gasteiger partial charge >= 0.3 is 17.1 Å². The van der Waals surface area contributed by atoms with Crippen LogP contribution in [0.15, 0.2) is 58.6 Å². The topological polar surface area (TPSA) is 162 Å². The number of carbonyl (C=O) groups excluding carboxylic acids is 2. The second kappa shape index (κ2) is 10.6. The van der Waals surface area contributed by atoms with Crippen LogP contribution in [-0.2, 0) is 25.3 Å². The minimum absolute atomic E-state index is 0.0617. The minimum atomic E-state index is -0.849. The standard InChI is InChI=1S/C16H14FN3O3.C9H9N3O4/c1-19-8-9-20-15(23)14(22)13(18-16(19)20)12(21)7-4-10-2-5-11(17)6-3-10;1-11-3-4-12-7(14)6(13)5(8(15)16-2)10-9(11)12/h2-3,5-6,8-9,22H,4,7H2,1H3;3-4,13H,1-2H3. The summed E-state index contributed by atoms with van der Waals surface area (Å²) in [5, 5.41) is 19.4. The van der Waals surface area contributed by atoms with Crippen LogP contribution < -0.4 is 11.1 Å². The molecule has 0 amide bonds. The van der Waals surface area contributed by atoms with E-state index in [0.717, 1.165) is 17.1 Å². The molecule has 0 aliphatic rings. The van der Waals surface area contributed by atoms with Crippen LogP contribution in [0.2, 0.25) is 0 Å². The van der Waals surface area contributed by atoms with Crippen molar-refractivity contribution >= 4 is 23.3 Å². The molecule has 13 nitrogen and oxygen atoms in total. The Hall–Kier alpha value is -5.27. The molecule has 0 fully saturated rings. The number of esters is 1. The smallest absolute Gasteiger partial charge is 0.360 e. The van der Waals surface area contributed by atoms with Crippen molar-refractivity contribution in [2.24, 2.45) is 14.1 Å². The van der Waals surface area contributed by atoms with Crippen LogP contribution >= 0.6 is 0 Å². The van der Waals surface area contributed by atoms with Gasteiger partial charge in [-0.2, -0.15) is 0 Å². The Labute approximate surface area is 218 Å². The summed E-state index contributed by atoms with van der Waals surface area (Å²) >= 11 is 0. The van der Waals surface area contributed by atoms with Gasteiger partial charge in [0.25, 0.3) is 0 Å². The number of carbonyl (C=O) groups is 2. The van der Waals surface area contributed by atoms with Crippen molar-refractivity contribution in [3.8, 4) is 11.5 Å². The van der Waals surface area contributed by atoms with E-state index in [-0.39, 0.29) is 35.2 Å². The van der Waals surface area contributed by atoms with Gasteiger partial charge in [-0.3, -0.25) is 14.4 Å². The first-order valence-corrected chi connectivity index (χ1v) is 11.4. The fourth-order valence-electron chi connectivity index (χ4n) is 3.72. The third-order valence-electron chi connectivity index (χ3n) is 5.85. The first-order valence-electron chi connectivity index (χ1n) is 11.4. The average molecular weight is 538 g/mol. The quantitative estimate of drug-likeness (QED) is 0.247. The highest BCUT2D eigenvalue weighted by atomic mass is 19.1. The molecule has 0 unspecified atom stereocenters. The van der Waals surface area contributed by atoms with E-state index in [4.69, 9.17) is 0 Å². The van der Waals surface area contributed by atoms with Gasteiger partial charge in [0.05, 0.1) is 7.11 Å². The minimum Gasteiger partial charge on any atom is -0.501 e. The van der Waals surface area contributed by atoms with Crippen molar-refractivity contribution in [3.05, 3.63) is 92.5 Å². The maximum atomic E-state index is 12.9. The predicted octanol–water partition coefficient (Wildman–Crippen LogP) is 1.22. The first-order chi connectivity index (χ1) is 18.5. The number of benzene rings is 1. The molecule has 4 aromatic heterocycles. The highest BCUT2D eigenvalue weighted by Crippen LogP contribution is 2.15. The monoisotopic (exact) mass is 538 g/mol. The zero-order chi connectivity index (χ0) is 28.4. The van der Waals surface area contributed by atoms with E-state index in [9.17, 15) is 33.8 Å². The zero-order valence-electron chi connectivity index (χ0n) is 21.0. The van der Waals surface area contributed by atoms with Crippen LogP contribution in [0.3, 0.4) is 0 Å². The number of Topliss-reactive ketones (excluding diaryl/α,β-unsaturated/α-hetero) is 1. The molecule has 0 saturated heterocycles. The van der Waals surface area contributed by atoms with Crippen LogP contribution in [0.25, 0.3) is 11.6 Å². The van der Waals surface area contributed by atoms with E-state index in [2.05, 4.69) is 14.7 Å². The number of nitrogens with zero attached hydrogens (tertiary/aromatic N) is 6. The lowest BCUT2D eigenvalue weighted by Crippen LogP contribution is -2.19. The van der Waals surface area contributed by atoms with Crippen molar-refractivity contribution in [2.45, 2.75) is 12.8 Å². The van der Waals surface area contributed by atoms with Gasteiger partial charge in [0.1, 0.15) is 5.82 Å². The maximum Gasteiger partial charge on any atom is 0.360 e. The number of ether oxygens (including phenoxy) is 1. The molecule has 0 aliphatic carbocycles. The van der Waals surface area contributed by atoms with Crippen molar-refractivity contribution in [1.29, 1.82) is 0 Å². The normalized spacial score (nSPS) is 10.9. The molecule has 0 bridgehead atoms. The largest absolute Gasteiger partial charge is 0.501 e. The molecule has 0 atom stereocenters. The molecule has 39 heavy (non-hydrogen) atoms. The summed E-state index contributed by atoms with van der Waals surface area (Å²) < 4.78 is 22.7. The molecular formula is C25H23FN6O7. The van der Waals surface area contributed by atoms with E-state index < -0.39 is 34.4 Å². The lowest BCUT2D eigenvalue weighted by atomic mass is 10.1. The molecular weight excluding hydrogens is 515 g/mol. The van der Waals surface area contributed by atoms with Crippen LogP contribution in [0.5, 0.6) is 11.5 Å². The summed E-state index contributed by atoms with van der Waals surface area (Å²) in [5.41, 5.74) is -1.21. The number of methoxy groups -OCH3 is 1. The number of aromatic hydroxyl groups is 2. The van der Waals surface area contributed by atoms with Gasteiger partial charge < -0.3 is 24.1 Å². The molecule has 2 N–H and O–H groups in total. The number of imidazole rings is 2. The highest BCUT2D eigenvalue weighted by molar-refractivity contribution is 5.97. The Morgan fingerprint density at radius 3 is 1.85 bits per heavy atom. The van der Waals surface area contributed by atoms with Gasteiger partial charge in [0.2, 0.25) is 23.1 Å². The van der Waals surface area contributed by atoms with Crippen molar-refractivity contribution in [2.75, 3.05) is 7.11 Å². The summed E-state index contributed by atoms with van der Waals surface area (Å²) in [6.07, 6.45) is 6.54. The van der Waals surface area contributed by atoms with E-state index in [1.165, 1.54) is 28.9 Å². The SMILES string of the molecule is COC(=O)c1nc2n(C)ccn2c(=O)c1O.Cn1ccn2c(=O)c(O)c(C(=O)CCc3ccc(F)cc3)nc12. The summed E-state index contributed by atoms with van der Waals surface area (Å²) in [4.78, 5) is 55.2. The Morgan fingerprint density at radius 1 is 0.846 bits per heavy atom. The summed E-state index contributed by atoms with van der Waals surface area (Å²) in [6.45, 7) is 0. The number of aryl methyl sites for hydroxylation is 3. The lowest BCUT2D eigenvalue weighted by Gasteiger charge is -2.05. The van der Waals surface area contributed by atoms with E-state index in [0.29, 0.717) is 6.42 Å². The Morgan fingerprint density at radius 2 is 1.33 bits per heavy atom. The molecule has 202 valence electrons. The second-order valence-corrected chi connectivity index (χ2v) is 8.43. The zero-order valence-corrected chi connectivity index (χ0v) is 21.0. The molecule has 1 aromatic carbocycles. The van der Waals surface area contributed by atoms with Gasteiger partial charge in [0.15, 0.2) is 17.2 Å². The highest BCUT2D eigenvalue weighted by Gasteiger charge is 2.21. The number of hydrogen-bond donors (Lipinski definition) is 2. The molecule has 4 heterocycles. The van der Waals surface area contributed by atoms with Crippen LogP contribution in [-0.4, -0.2) is 57.0 Å².